The maximum absolute atomic E-state index is 10.6. The summed E-state index contributed by atoms with van der Waals surface area (Å²) in [6.45, 7) is 4.47. The Balaban J connectivity index is 2.52. The molecule has 1 aromatic carbocycles. The zero-order chi connectivity index (χ0) is 13.3. The molecule has 0 bridgehead atoms. The second kappa shape index (κ2) is 4.72. The molecule has 0 aliphatic heterocycles. The number of aliphatic carboxylic acids is 1. The lowest BCUT2D eigenvalue weighted by molar-refractivity contribution is -0.305. The van der Waals surface area contributed by atoms with Gasteiger partial charge in [0.15, 0.2) is 0 Å². The number of nitrogens with zero attached hydrogens (tertiary/aromatic N) is 1. The standard InChI is InChI=1S/C14H17NO3/c1-9-10(2)15(7-6-14(16)17)13-5-4-11(18-3)8-12(9)13/h4-5,8H,6-7H2,1-3H3,(H,16,17)/p-1. The van der Waals surface area contributed by atoms with Gasteiger partial charge in [0.05, 0.1) is 7.11 Å². The number of benzene rings is 1. The van der Waals surface area contributed by atoms with E-state index >= 15 is 0 Å². The molecule has 0 amide bonds. The Morgan fingerprint density at radius 1 is 1.39 bits per heavy atom. The van der Waals surface area contributed by atoms with Gasteiger partial charge in [0, 0.05) is 35.5 Å². The average Bonchev–Trinajstić information content (AvgIpc) is 2.59. The highest BCUT2D eigenvalue weighted by Crippen LogP contribution is 2.28. The normalized spacial score (nSPS) is 10.8. The first-order valence-electron chi connectivity index (χ1n) is 5.88. The third-order valence-corrected chi connectivity index (χ3v) is 3.39. The molecule has 96 valence electrons. The number of ether oxygens (including phenoxy) is 1. The van der Waals surface area contributed by atoms with E-state index in [1.165, 1.54) is 0 Å². The van der Waals surface area contributed by atoms with Crippen LogP contribution < -0.4 is 9.84 Å². The van der Waals surface area contributed by atoms with Gasteiger partial charge in [0.1, 0.15) is 5.75 Å². The number of fused-ring (bicyclic) bond motifs is 1. The maximum atomic E-state index is 10.6. The fraction of sp³-hybridized carbons (Fsp3) is 0.357. The van der Waals surface area contributed by atoms with Crippen LogP contribution in [0.25, 0.3) is 10.9 Å². The van der Waals surface area contributed by atoms with Crippen LogP contribution in [0.1, 0.15) is 17.7 Å². The van der Waals surface area contributed by atoms with Crippen LogP contribution in [0, 0.1) is 13.8 Å². The zero-order valence-electron chi connectivity index (χ0n) is 10.8. The highest BCUT2D eigenvalue weighted by atomic mass is 16.5. The summed E-state index contributed by atoms with van der Waals surface area (Å²) in [4.78, 5) is 10.6. The van der Waals surface area contributed by atoms with E-state index in [0.29, 0.717) is 6.54 Å². The van der Waals surface area contributed by atoms with Crippen LogP contribution in [0.15, 0.2) is 18.2 Å². The molecule has 0 atom stereocenters. The van der Waals surface area contributed by atoms with E-state index in [4.69, 9.17) is 4.74 Å². The van der Waals surface area contributed by atoms with Crippen LogP contribution in [-0.2, 0) is 11.3 Å². The quantitative estimate of drug-likeness (QED) is 0.819. The van der Waals surface area contributed by atoms with Crippen molar-refractivity contribution in [2.45, 2.75) is 26.8 Å². The van der Waals surface area contributed by atoms with Gasteiger partial charge >= 0.3 is 0 Å². The number of hydrogen-bond donors (Lipinski definition) is 0. The van der Waals surface area contributed by atoms with Gasteiger partial charge in [-0.2, -0.15) is 0 Å². The first-order valence-corrected chi connectivity index (χ1v) is 5.88. The SMILES string of the molecule is COc1ccc2c(c1)c(C)c(C)n2CCC(=O)[O-]. The van der Waals surface area contributed by atoms with Crippen LogP contribution in [0.4, 0.5) is 0 Å². The van der Waals surface area contributed by atoms with E-state index in [9.17, 15) is 9.90 Å². The van der Waals surface area contributed by atoms with Crippen molar-refractivity contribution in [3.05, 3.63) is 29.5 Å². The molecule has 0 N–H and O–H groups in total. The predicted molar refractivity (Wildman–Crippen MR) is 67.6 cm³/mol. The summed E-state index contributed by atoms with van der Waals surface area (Å²) in [5, 5.41) is 11.7. The Morgan fingerprint density at radius 3 is 2.72 bits per heavy atom. The van der Waals surface area contributed by atoms with Crippen LogP contribution in [0.2, 0.25) is 0 Å². The van der Waals surface area contributed by atoms with Crippen molar-refractivity contribution in [1.82, 2.24) is 4.57 Å². The molecule has 1 heterocycles. The van der Waals surface area contributed by atoms with E-state index in [2.05, 4.69) is 0 Å². The highest BCUT2D eigenvalue weighted by Gasteiger charge is 2.11. The molecule has 0 unspecified atom stereocenters. The highest BCUT2D eigenvalue weighted by molar-refractivity contribution is 5.86. The average molecular weight is 246 g/mol. The number of carboxylic acids is 1. The van der Waals surface area contributed by atoms with Gasteiger partial charge in [-0.15, -0.1) is 0 Å². The molecule has 2 aromatic rings. The second-order valence-electron chi connectivity index (χ2n) is 4.37. The van der Waals surface area contributed by atoms with Crippen molar-refractivity contribution in [2.24, 2.45) is 0 Å². The topological polar surface area (TPSA) is 54.3 Å². The third kappa shape index (κ3) is 2.06. The van der Waals surface area contributed by atoms with Gasteiger partial charge < -0.3 is 19.2 Å². The summed E-state index contributed by atoms with van der Waals surface area (Å²) in [6, 6.07) is 5.83. The lowest BCUT2D eigenvalue weighted by Crippen LogP contribution is -2.23. The van der Waals surface area contributed by atoms with Crippen LogP contribution in [-0.4, -0.2) is 17.6 Å². The molecule has 4 heteroatoms. The minimum atomic E-state index is -1.03. The zero-order valence-corrected chi connectivity index (χ0v) is 10.8. The number of aryl methyl sites for hydroxylation is 2. The molecule has 0 aliphatic rings. The molecule has 0 radical (unpaired) electrons. The first-order chi connectivity index (χ1) is 8.54. The van der Waals surface area contributed by atoms with Gasteiger partial charge in [-0.1, -0.05) is 0 Å². The summed E-state index contributed by atoms with van der Waals surface area (Å²) in [6.07, 6.45) is 0.0239. The Labute approximate surface area is 106 Å². The predicted octanol–water partition coefficient (Wildman–Crippen LogP) is 1.41. The number of methoxy groups -OCH3 is 1. The van der Waals surface area contributed by atoms with Gasteiger partial charge in [0.2, 0.25) is 0 Å². The number of rotatable bonds is 4. The molecule has 0 fully saturated rings. The first kappa shape index (κ1) is 12.5. The van der Waals surface area contributed by atoms with Crippen LogP contribution in [0.3, 0.4) is 0 Å². The van der Waals surface area contributed by atoms with E-state index in [0.717, 1.165) is 27.9 Å². The molecular weight excluding hydrogens is 230 g/mol. The summed E-state index contributed by atoms with van der Waals surface area (Å²) in [5.41, 5.74) is 3.27. The van der Waals surface area contributed by atoms with E-state index in [-0.39, 0.29) is 6.42 Å². The van der Waals surface area contributed by atoms with Crippen molar-refractivity contribution >= 4 is 16.9 Å². The Bertz CT molecular complexity index is 599. The molecule has 0 saturated carbocycles. The fourth-order valence-corrected chi connectivity index (χ4v) is 2.25. The third-order valence-electron chi connectivity index (χ3n) is 3.39. The van der Waals surface area contributed by atoms with Gasteiger partial charge in [-0.05, 0) is 37.6 Å². The lowest BCUT2D eigenvalue weighted by atomic mass is 10.1. The van der Waals surface area contributed by atoms with Gasteiger partial charge in [-0.25, -0.2) is 0 Å². The van der Waals surface area contributed by atoms with Crippen LogP contribution in [0.5, 0.6) is 5.75 Å². The van der Waals surface area contributed by atoms with Crippen molar-refractivity contribution in [3.8, 4) is 5.75 Å². The molecule has 4 nitrogen and oxygen atoms in total. The number of carbonyl (C=O) groups excluding carboxylic acids is 1. The van der Waals surface area contributed by atoms with E-state index < -0.39 is 5.97 Å². The summed E-state index contributed by atoms with van der Waals surface area (Å²) < 4.78 is 7.23. The van der Waals surface area contributed by atoms with Crippen molar-refractivity contribution in [1.29, 1.82) is 0 Å². The van der Waals surface area contributed by atoms with Crippen molar-refractivity contribution in [2.75, 3.05) is 7.11 Å². The minimum Gasteiger partial charge on any atom is -0.550 e. The number of aromatic nitrogens is 1. The molecular formula is C14H16NO3-. The summed E-state index contributed by atoms with van der Waals surface area (Å²) in [5.74, 6) is -0.218. The largest absolute Gasteiger partial charge is 0.550 e. The van der Waals surface area contributed by atoms with E-state index in [1.807, 2.05) is 36.6 Å². The minimum absolute atomic E-state index is 0.0239. The summed E-state index contributed by atoms with van der Waals surface area (Å²) >= 11 is 0. The Kier molecular flexibility index (Phi) is 3.28. The van der Waals surface area contributed by atoms with E-state index in [1.54, 1.807) is 7.11 Å². The molecule has 1 aromatic heterocycles. The number of carboxylic acid groups (broad SMARTS) is 1. The monoisotopic (exact) mass is 246 g/mol. The number of hydrogen-bond acceptors (Lipinski definition) is 3. The van der Waals surface area contributed by atoms with Crippen molar-refractivity contribution in [3.63, 3.8) is 0 Å². The smallest absolute Gasteiger partial charge is 0.119 e. The van der Waals surface area contributed by atoms with Gasteiger partial charge in [0.25, 0.3) is 0 Å². The van der Waals surface area contributed by atoms with Crippen molar-refractivity contribution < 1.29 is 14.6 Å². The molecule has 0 spiro atoms. The molecule has 18 heavy (non-hydrogen) atoms. The molecule has 2 rings (SSSR count). The Hall–Kier alpha value is -1.97. The Morgan fingerprint density at radius 2 is 2.11 bits per heavy atom. The van der Waals surface area contributed by atoms with Crippen LogP contribution >= 0.6 is 0 Å². The second-order valence-corrected chi connectivity index (χ2v) is 4.37. The number of carbonyl (C=O) groups is 1. The van der Waals surface area contributed by atoms with Gasteiger partial charge in [-0.3, -0.25) is 0 Å². The lowest BCUT2D eigenvalue weighted by Gasteiger charge is -2.09. The summed E-state index contributed by atoms with van der Waals surface area (Å²) in [7, 11) is 1.64. The fourth-order valence-electron chi connectivity index (χ4n) is 2.25. The molecule has 0 saturated heterocycles. The maximum Gasteiger partial charge on any atom is 0.119 e. The molecule has 0 aliphatic carbocycles.